The molecule has 2 aromatic heterocycles. The van der Waals surface area contributed by atoms with Crippen molar-refractivity contribution in [1.29, 1.82) is 0 Å². The summed E-state index contributed by atoms with van der Waals surface area (Å²) in [6.07, 6.45) is 1.73. The zero-order chi connectivity index (χ0) is 14.5. The van der Waals surface area contributed by atoms with E-state index in [4.69, 9.17) is 5.73 Å². The van der Waals surface area contributed by atoms with Crippen molar-refractivity contribution in [2.24, 2.45) is 0 Å². The molecule has 2 rings (SSSR count). The van der Waals surface area contributed by atoms with Crippen molar-refractivity contribution in [3.8, 4) is 0 Å². The van der Waals surface area contributed by atoms with E-state index in [-0.39, 0.29) is 5.69 Å². The van der Waals surface area contributed by atoms with Crippen molar-refractivity contribution in [3.63, 3.8) is 0 Å². The van der Waals surface area contributed by atoms with Crippen LogP contribution in [0.5, 0.6) is 0 Å². The first kappa shape index (κ1) is 13.8. The van der Waals surface area contributed by atoms with Gasteiger partial charge in [0.15, 0.2) is 11.5 Å². The minimum Gasteiger partial charge on any atom is -0.464 e. The number of pyridine rings is 2. The second-order valence-electron chi connectivity index (χ2n) is 4.25. The van der Waals surface area contributed by atoms with E-state index in [1.165, 1.54) is 13.2 Å². The van der Waals surface area contributed by atoms with Crippen LogP contribution in [0.2, 0.25) is 0 Å². The lowest BCUT2D eigenvalue weighted by Gasteiger charge is -2.10. The van der Waals surface area contributed by atoms with Crippen molar-refractivity contribution in [1.82, 2.24) is 9.97 Å². The van der Waals surface area contributed by atoms with Gasteiger partial charge in [-0.05, 0) is 30.7 Å². The Bertz CT molecular complexity index is 628. The highest BCUT2D eigenvalue weighted by atomic mass is 16.5. The van der Waals surface area contributed by atoms with Crippen LogP contribution < -0.4 is 11.1 Å². The molecule has 0 aromatic carbocycles. The number of carbonyl (C=O) groups excluding carboxylic acids is 1. The highest BCUT2D eigenvalue weighted by molar-refractivity contribution is 5.88. The second kappa shape index (κ2) is 6.01. The fraction of sp³-hybridized carbons (Fsp3) is 0.214. The van der Waals surface area contributed by atoms with Crippen LogP contribution in [-0.4, -0.2) is 23.0 Å². The molecule has 0 aliphatic carbocycles. The highest BCUT2D eigenvalue weighted by Crippen LogP contribution is 2.17. The van der Waals surface area contributed by atoms with Gasteiger partial charge in [0, 0.05) is 6.20 Å². The molecule has 0 unspecified atom stereocenters. The number of anilines is 2. The average Bonchev–Trinajstić information content (AvgIpc) is 2.47. The Balaban J connectivity index is 2.17. The van der Waals surface area contributed by atoms with Crippen molar-refractivity contribution < 1.29 is 9.53 Å². The Hall–Kier alpha value is -2.63. The number of ether oxygens (including phenoxy) is 1. The summed E-state index contributed by atoms with van der Waals surface area (Å²) in [5, 5.41) is 3.08. The largest absolute Gasteiger partial charge is 0.464 e. The monoisotopic (exact) mass is 272 g/mol. The molecule has 0 radical (unpaired) electrons. The maximum Gasteiger partial charge on any atom is 0.356 e. The standard InChI is InChI=1S/C14H16N4O2/c1-9-4-3-7-16-12(9)8-17-13-10(15)5-6-11(18-13)14(19)20-2/h3-7H,8,15H2,1-2H3,(H,17,18). The van der Waals surface area contributed by atoms with Crippen LogP contribution in [0, 0.1) is 6.92 Å². The molecule has 20 heavy (non-hydrogen) atoms. The Kier molecular flexibility index (Phi) is 4.14. The summed E-state index contributed by atoms with van der Waals surface area (Å²) in [6, 6.07) is 7.00. The Morgan fingerprint density at radius 3 is 2.90 bits per heavy atom. The molecule has 0 fully saturated rings. The molecule has 6 heteroatoms. The van der Waals surface area contributed by atoms with Crippen LogP contribution >= 0.6 is 0 Å². The number of carbonyl (C=O) groups is 1. The van der Waals surface area contributed by atoms with Gasteiger partial charge in [0.05, 0.1) is 25.0 Å². The van der Waals surface area contributed by atoms with Crippen molar-refractivity contribution >= 4 is 17.5 Å². The molecule has 0 spiro atoms. The smallest absolute Gasteiger partial charge is 0.356 e. The number of aryl methyl sites for hydroxylation is 1. The predicted molar refractivity (Wildman–Crippen MR) is 76.3 cm³/mol. The van der Waals surface area contributed by atoms with E-state index in [0.717, 1.165) is 11.3 Å². The lowest BCUT2D eigenvalue weighted by atomic mass is 10.2. The number of esters is 1. The Morgan fingerprint density at radius 2 is 2.20 bits per heavy atom. The van der Waals surface area contributed by atoms with Crippen molar-refractivity contribution in [2.75, 3.05) is 18.2 Å². The van der Waals surface area contributed by atoms with Crippen LogP contribution in [0.4, 0.5) is 11.5 Å². The summed E-state index contributed by atoms with van der Waals surface area (Å²) in [7, 11) is 1.31. The molecular formula is C14H16N4O2. The van der Waals surface area contributed by atoms with Gasteiger partial charge in [0.2, 0.25) is 0 Å². The number of nitrogens with two attached hydrogens (primary N) is 1. The zero-order valence-electron chi connectivity index (χ0n) is 11.4. The Morgan fingerprint density at radius 1 is 1.40 bits per heavy atom. The van der Waals surface area contributed by atoms with Crippen LogP contribution in [0.3, 0.4) is 0 Å². The topological polar surface area (TPSA) is 90.1 Å². The molecular weight excluding hydrogens is 256 g/mol. The van der Waals surface area contributed by atoms with Crippen molar-refractivity contribution in [2.45, 2.75) is 13.5 Å². The summed E-state index contributed by atoms with van der Waals surface area (Å²) in [5.41, 5.74) is 8.48. The summed E-state index contributed by atoms with van der Waals surface area (Å²) < 4.78 is 4.63. The third-order valence-electron chi connectivity index (χ3n) is 2.86. The predicted octanol–water partition coefficient (Wildman–Crippen LogP) is 1.77. The summed E-state index contributed by atoms with van der Waals surface area (Å²) in [4.78, 5) is 19.9. The number of hydrogen-bond acceptors (Lipinski definition) is 6. The molecule has 0 saturated carbocycles. The molecule has 104 valence electrons. The normalized spacial score (nSPS) is 10.1. The first-order valence-corrected chi connectivity index (χ1v) is 6.11. The van der Waals surface area contributed by atoms with Gasteiger partial charge in [-0.3, -0.25) is 4.98 Å². The van der Waals surface area contributed by atoms with Gasteiger partial charge in [-0.1, -0.05) is 6.07 Å². The third kappa shape index (κ3) is 3.03. The molecule has 0 aliphatic heterocycles. The molecule has 0 atom stereocenters. The van der Waals surface area contributed by atoms with Crippen LogP contribution in [0.1, 0.15) is 21.7 Å². The molecule has 3 N–H and O–H groups in total. The van der Waals surface area contributed by atoms with Gasteiger partial charge >= 0.3 is 5.97 Å². The molecule has 2 heterocycles. The summed E-state index contributed by atoms with van der Waals surface area (Å²) in [6.45, 7) is 2.46. The molecule has 0 aliphatic rings. The van der Waals surface area contributed by atoms with Crippen LogP contribution in [0.15, 0.2) is 30.5 Å². The fourth-order valence-electron chi connectivity index (χ4n) is 1.70. The minimum atomic E-state index is -0.498. The van der Waals surface area contributed by atoms with E-state index in [1.807, 2.05) is 19.1 Å². The zero-order valence-corrected chi connectivity index (χ0v) is 11.4. The number of rotatable bonds is 4. The first-order valence-electron chi connectivity index (χ1n) is 6.11. The van der Waals surface area contributed by atoms with E-state index >= 15 is 0 Å². The van der Waals surface area contributed by atoms with E-state index in [0.29, 0.717) is 18.1 Å². The van der Waals surface area contributed by atoms with Crippen LogP contribution in [-0.2, 0) is 11.3 Å². The molecule has 0 bridgehead atoms. The molecule has 0 amide bonds. The van der Waals surface area contributed by atoms with E-state index in [9.17, 15) is 4.79 Å². The SMILES string of the molecule is COC(=O)c1ccc(N)c(NCc2ncccc2C)n1. The summed E-state index contributed by atoms with van der Waals surface area (Å²) >= 11 is 0. The van der Waals surface area contributed by atoms with Gasteiger partial charge in [0.1, 0.15) is 0 Å². The summed E-state index contributed by atoms with van der Waals surface area (Å²) in [5.74, 6) is -0.0555. The Labute approximate surface area is 117 Å². The van der Waals surface area contributed by atoms with Crippen LogP contribution in [0.25, 0.3) is 0 Å². The van der Waals surface area contributed by atoms with Crippen molar-refractivity contribution in [3.05, 3.63) is 47.4 Å². The average molecular weight is 272 g/mol. The third-order valence-corrected chi connectivity index (χ3v) is 2.86. The maximum atomic E-state index is 11.4. The lowest BCUT2D eigenvalue weighted by Crippen LogP contribution is -2.11. The number of nitrogen functional groups attached to an aromatic ring is 1. The number of methoxy groups -OCH3 is 1. The van der Waals surface area contributed by atoms with Gasteiger partial charge in [-0.2, -0.15) is 0 Å². The van der Waals surface area contributed by atoms with E-state index in [1.54, 1.807) is 12.3 Å². The lowest BCUT2D eigenvalue weighted by molar-refractivity contribution is 0.0594. The van der Waals surface area contributed by atoms with E-state index < -0.39 is 5.97 Å². The molecule has 6 nitrogen and oxygen atoms in total. The maximum absolute atomic E-state index is 11.4. The molecule has 0 saturated heterocycles. The molecule has 2 aromatic rings. The van der Waals surface area contributed by atoms with Gasteiger partial charge in [-0.15, -0.1) is 0 Å². The first-order chi connectivity index (χ1) is 9.61. The van der Waals surface area contributed by atoms with Gasteiger partial charge in [0.25, 0.3) is 0 Å². The number of nitrogens with zero attached hydrogens (tertiary/aromatic N) is 2. The van der Waals surface area contributed by atoms with E-state index in [2.05, 4.69) is 20.0 Å². The quantitative estimate of drug-likeness (QED) is 0.824. The van der Waals surface area contributed by atoms with Gasteiger partial charge < -0.3 is 15.8 Å². The number of hydrogen-bond donors (Lipinski definition) is 2. The fourth-order valence-corrected chi connectivity index (χ4v) is 1.70. The van der Waals surface area contributed by atoms with Gasteiger partial charge in [-0.25, -0.2) is 9.78 Å². The second-order valence-corrected chi connectivity index (χ2v) is 4.25. The highest BCUT2D eigenvalue weighted by Gasteiger charge is 2.10. The number of aromatic nitrogens is 2. The number of nitrogens with one attached hydrogen (secondary N) is 1. The minimum absolute atomic E-state index is 0.210.